The molecular weight excluding hydrogens is 314 g/mol. The van der Waals surface area contributed by atoms with Crippen LogP contribution in [0.2, 0.25) is 0 Å². The Morgan fingerprint density at radius 2 is 1.89 bits per heavy atom. The Morgan fingerprint density at radius 3 is 2.61 bits per heavy atom. The minimum atomic E-state index is -2.94. The summed E-state index contributed by atoms with van der Waals surface area (Å²) in [6.45, 7) is 2.02. The average Bonchev–Trinajstić information content (AvgIpc) is 2.34. The van der Waals surface area contributed by atoms with Crippen LogP contribution in [0.3, 0.4) is 0 Å². The molecule has 0 fully saturated rings. The zero-order chi connectivity index (χ0) is 13.3. The first kappa shape index (κ1) is 13.6. The van der Waals surface area contributed by atoms with Crippen LogP contribution in [0.5, 0.6) is 0 Å². The minimum Gasteiger partial charge on any atom is -0.352 e. The van der Waals surface area contributed by atoms with Gasteiger partial charge >= 0.3 is 0 Å². The van der Waals surface area contributed by atoms with Crippen molar-refractivity contribution >= 4 is 25.8 Å². The highest BCUT2D eigenvalue weighted by Crippen LogP contribution is 2.20. The molecule has 1 aliphatic rings. The summed E-state index contributed by atoms with van der Waals surface area (Å²) in [5.41, 5.74) is 3.09. The summed E-state index contributed by atoms with van der Waals surface area (Å²) in [4.78, 5) is 0. The Bertz CT molecular complexity index is 631. The maximum Gasteiger partial charge on any atom is 0.154 e. The van der Waals surface area contributed by atoms with E-state index >= 15 is 0 Å². The first-order valence-corrected chi connectivity index (χ1v) is 8.39. The van der Waals surface area contributed by atoms with Crippen molar-refractivity contribution in [3.8, 4) is 0 Å². The molecule has 5 heteroatoms. The predicted molar refractivity (Wildman–Crippen MR) is 76.7 cm³/mol. The zero-order valence-corrected chi connectivity index (χ0v) is 12.9. The van der Waals surface area contributed by atoms with Gasteiger partial charge in [-0.1, -0.05) is 22.0 Å². The number of hydrogen-bond donors (Lipinski definition) is 0. The fraction of sp³-hybridized carbons (Fsp3) is 0.385. The molecule has 0 unspecified atom stereocenters. The van der Waals surface area contributed by atoms with E-state index in [1.807, 2.05) is 38.2 Å². The van der Waals surface area contributed by atoms with Gasteiger partial charge in [-0.3, -0.25) is 0 Å². The normalized spacial score (nSPS) is 16.8. The summed E-state index contributed by atoms with van der Waals surface area (Å²) in [6.07, 6.45) is 0.585. The molecule has 0 N–H and O–H groups in total. The van der Waals surface area contributed by atoms with Crippen molar-refractivity contribution in [1.82, 2.24) is 4.57 Å². The van der Waals surface area contributed by atoms with Crippen LogP contribution in [0.1, 0.15) is 17.0 Å². The van der Waals surface area contributed by atoms with Crippen molar-refractivity contribution in [2.24, 2.45) is 7.05 Å². The Balaban J connectivity index is 2.77. The lowest BCUT2D eigenvalue weighted by Crippen LogP contribution is -2.22. The third-order valence-corrected chi connectivity index (χ3v) is 5.36. The smallest absolute Gasteiger partial charge is 0.154 e. The molecule has 0 atom stereocenters. The SMILES string of the molecule is Cc1ccc(Br)ccc2c(n1C)CCS(=O)(=O)C2. The van der Waals surface area contributed by atoms with Gasteiger partial charge in [0, 0.05) is 29.3 Å². The van der Waals surface area contributed by atoms with Gasteiger partial charge in [0.15, 0.2) is 9.84 Å². The number of aryl methyl sites for hydroxylation is 1. The highest BCUT2D eigenvalue weighted by Gasteiger charge is 2.21. The summed E-state index contributed by atoms with van der Waals surface area (Å²) in [5.74, 6) is 0.378. The summed E-state index contributed by atoms with van der Waals surface area (Å²) in [6, 6.07) is 7.79. The van der Waals surface area contributed by atoms with Gasteiger partial charge in [0.1, 0.15) is 0 Å². The van der Waals surface area contributed by atoms with Gasteiger partial charge in [0.25, 0.3) is 0 Å². The van der Waals surface area contributed by atoms with Gasteiger partial charge in [-0.05, 0) is 30.7 Å². The molecule has 0 aliphatic carbocycles. The Kier molecular flexibility index (Phi) is 3.82. The van der Waals surface area contributed by atoms with E-state index in [1.165, 1.54) is 0 Å². The molecule has 1 aromatic heterocycles. The third-order valence-electron chi connectivity index (χ3n) is 3.26. The molecule has 0 saturated carbocycles. The molecule has 0 aromatic carbocycles. The molecule has 0 bridgehead atoms. The Morgan fingerprint density at radius 1 is 1.22 bits per heavy atom. The van der Waals surface area contributed by atoms with Crippen molar-refractivity contribution in [3.05, 3.63) is 45.7 Å². The molecule has 0 radical (unpaired) electrons. The van der Waals surface area contributed by atoms with Gasteiger partial charge in [0.2, 0.25) is 0 Å². The van der Waals surface area contributed by atoms with Gasteiger partial charge in [0.05, 0.1) is 11.5 Å². The molecule has 2 rings (SSSR count). The van der Waals surface area contributed by atoms with Crippen LogP contribution < -0.4 is 0 Å². The van der Waals surface area contributed by atoms with Gasteiger partial charge in [-0.2, -0.15) is 0 Å². The highest BCUT2D eigenvalue weighted by atomic mass is 79.9. The zero-order valence-electron chi connectivity index (χ0n) is 10.5. The quantitative estimate of drug-likeness (QED) is 0.734. The highest BCUT2D eigenvalue weighted by molar-refractivity contribution is 9.10. The number of halogens is 1. The standard InChI is InChI=1S/C13H16BrNO2S/c1-10-3-5-12(14)6-4-11-9-18(16,17)8-7-13(11)15(10)2/h3-6H,7-9H2,1-2H3. The first-order chi connectivity index (χ1) is 8.39. The second-order valence-corrected chi connectivity index (χ2v) is 7.67. The Hall–Kier alpha value is -0.810. The molecule has 0 saturated heterocycles. The van der Waals surface area contributed by atoms with E-state index in [1.54, 1.807) is 0 Å². The maximum atomic E-state index is 11.7. The summed E-state index contributed by atoms with van der Waals surface area (Å²) in [5, 5.41) is 0. The number of aromatic nitrogens is 1. The minimum absolute atomic E-state index is 0.136. The van der Waals surface area contributed by atoms with E-state index in [0.717, 1.165) is 21.4 Å². The van der Waals surface area contributed by atoms with Crippen LogP contribution in [0, 0.1) is 6.92 Å². The van der Waals surface area contributed by atoms with E-state index in [4.69, 9.17) is 0 Å². The summed E-state index contributed by atoms with van der Waals surface area (Å²) < 4.78 is 26.5. The molecule has 1 aromatic rings. The third kappa shape index (κ3) is 2.95. The van der Waals surface area contributed by atoms with E-state index in [-0.39, 0.29) is 11.5 Å². The fourth-order valence-electron chi connectivity index (χ4n) is 2.09. The van der Waals surface area contributed by atoms with E-state index in [2.05, 4.69) is 20.5 Å². The monoisotopic (exact) mass is 329 g/mol. The van der Waals surface area contributed by atoms with Crippen LogP contribution in [-0.2, 0) is 29.1 Å². The molecule has 98 valence electrons. The van der Waals surface area contributed by atoms with E-state index < -0.39 is 9.84 Å². The lowest BCUT2D eigenvalue weighted by Gasteiger charge is -2.18. The molecule has 0 spiro atoms. The summed E-state index contributed by atoms with van der Waals surface area (Å²) in [7, 11) is -0.955. The molecule has 1 aliphatic heterocycles. The number of nitrogens with zero attached hydrogens (tertiary/aromatic N) is 1. The average molecular weight is 330 g/mol. The Labute approximate surface area is 116 Å². The van der Waals surface area contributed by atoms with E-state index in [0.29, 0.717) is 6.42 Å². The van der Waals surface area contributed by atoms with Gasteiger partial charge < -0.3 is 4.57 Å². The molecule has 0 amide bonds. The second kappa shape index (κ2) is 5.05. The maximum absolute atomic E-state index is 11.7. The van der Waals surface area contributed by atoms with Crippen LogP contribution in [0.15, 0.2) is 28.7 Å². The topological polar surface area (TPSA) is 39.1 Å². The lowest BCUT2D eigenvalue weighted by molar-refractivity contribution is 0.588. The van der Waals surface area contributed by atoms with E-state index in [9.17, 15) is 8.42 Å². The predicted octanol–water partition coefficient (Wildman–Crippen LogP) is 2.69. The second-order valence-electron chi connectivity index (χ2n) is 4.57. The molecular formula is C13H16BrNO2S. The van der Waals surface area contributed by atoms with Crippen molar-refractivity contribution in [2.45, 2.75) is 19.1 Å². The molecule has 2 heterocycles. The van der Waals surface area contributed by atoms with Crippen LogP contribution in [0.4, 0.5) is 0 Å². The van der Waals surface area contributed by atoms with Crippen LogP contribution >= 0.6 is 15.9 Å². The molecule has 18 heavy (non-hydrogen) atoms. The van der Waals surface area contributed by atoms with Crippen molar-refractivity contribution in [2.75, 3.05) is 5.75 Å². The number of rotatable bonds is 0. The van der Waals surface area contributed by atoms with Crippen LogP contribution in [0.25, 0.3) is 0 Å². The van der Waals surface area contributed by atoms with Crippen molar-refractivity contribution in [3.63, 3.8) is 0 Å². The fourth-order valence-corrected chi connectivity index (χ4v) is 3.74. The number of hydrogen-bond acceptors (Lipinski definition) is 2. The number of sulfone groups is 1. The number of fused-ring (bicyclic) bond motifs is 1. The van der Waals surface area contributed by atoms with Gasteiger partial charge in [-0.15, -0.1) is 0 Å². The largest absolute Gasteiger partial charge is 0.352 e. The lowest BCUT2D eigenvalue weighted by atomic mass is 10.2. The van der Waals surface area contributed by atoms with Crippen molar-refractivity contribution in [1.29, 1.82) is 0 Å². The first-order valence-electron chi connectivity index (χ1n) is 5.77. The summed E-state index contributed by atoms with van der Waals surface area (Å²) >= 11 is 3.44. The molecule has 3 nitrogen and oxygen atoms in total. The van der Waals surface area contributed by atoms with Gasteiger partial charge in [-0.25, -0.2) is 8.42 Å². The van der Waals surface area contributed by atoms with Crippen molar-refractivity contribution < 1.29 is 8.42 Å². The van der Waals surface area contributed by atoms with Crippen LogP contribution in [-0.4, -0.2) is 18.7 Å².